The zero-order chi connectivity index (χ0) is 12.7. The second-order valence-corrected chi connectivity index (χ2v) is 4.18. The van der Waals surface area contributed by atoms with Crippen LogP contribution in [0.2, 0.25) is 0 Å². The van der Waals surface area contributed by atoms with Gasteiger partial charge < -0.3 is 15.5 Å². The second-order valence-electron chi connectivity index (χ2n) is 4.18. The Morgan fingerprint density at radius 1 is 1.24 bits per heavy atom. The SMILES string of the molecule is CN=C(NC)NCc1ccccc1CN(C)C. The van der Waals surface area contributed by atoms with Crippen molar-refractivity contribution in [3.8, 4) is 0 Å². The van der Waals surface area contributed by atoms with Gasteiger partial charge >= 0.3 is 0 Å². The van der Waals surface area contributed by atoms with E-state index in [-0.39, 0.29) is 0 Å². The van der Waals surface area contributed by atoms with Crippen molar-refractivity contribution < 1.29 is 0 Å². The van der Waals surface area contributed by atoms with Gasteiger partial charge in [0, 0.05) is 27.2 Å². The fraction of sp³-hybridized carbons (Fsp3) is 0.462. The lowest BCUT2D eigenvalue weighted by Crippen LogP contribution is -2.34. The molecule has 1 rings (SSSR count). The average molecular weight is 234 g/mol. The largest absolute Gasteiger partial charge is 0.359 e. The third-order valence-electron chi connectivity index (χ3n) is 2.51. The van der Waals surface area contributed by atoms with E-state index in [2.05, 4.69) is 58.9 Å². The van der Waals surface area contributed by atoms with E-state index in [0.717, 1.165) is 19.0 Å². The van der Waals surface area contributed by atoms with Gasteiger partial charge in [0.25, 0.3) is 0 Å². The normalized spacial score (nSPS) is 11.7. The van der Waals surface area contributed by atoms with Gasteiger partial charge in [0.05, 0.1) is 0 Å². The van der Waals surface area contributed by atoms with Crippen LogP contribution in [0.3, 0.4) is 0 Å². The summed E-state index contributed by atoms with van der Waals surface area (Å²) in [7, 11) is 7.79. The predicted octanol–water partition coefficient (Wildman–Crippen LogP) is 1.04. The number of benzene rings is 1. The first-order valence-corrected chi connectivity index (χ1v) is 5.77. The highest BCUT2D eigenvalue weighted by molar-refractivity contribution is 5.79. The summed E-state index contributed by atoms with van der Waals surface area (Å²) in [4.78, 5) is 6.27. The lowest BCUT2D eigenvalue weighted by atomic mass is 10.1. The highest BCUT2D eigenvalue weighted by Gasteiger charge is 2.03. The lowest BCUT2D eigenvalue weighted by Gasteiger charge is -2.15. The Morgan fingerprint density at radius 2 is 1.88 bits per heavy atom. The molecule has 17 heavy (non-hydrogen) atoms. The first-order chi connectivity index (χ1) is 8.17. The van der Waals surface area contributed by atoms with Gasteiger partial charge in [0.1, 0.15) is 0 Å². The van der Waals surface area contributed by atoms with E-state index >= 15 is 0 Å². The van der Waals surface area contributed by atoms with Crippen LogP contribution in [-0.2, 0) is 13.1 Å². The van der Waals surface area contributed by atoms with Gasteiger partial charge in [-0.3, -0.25) is 4.99 Å². The van der Waals surface area contributed by atoms with Crippen LogP contribution >= 0.6 is 0 Å². The molecule has 0 saturated heterocycles. The molecule has 1 aromatic rings. The number of hydrogen-bond acceptors (Lipinski definition) is 2. The van der Waals surface area contributed by atoms with Crippen molar-refractivity contribution in [2.75, 3.05) is 28.2 Å². The molecular weight excluding hydrogens is 212 g/mol. The maximum atomic E-state index is 4.10. The summed E-state index contributed by atoms with van der Waals surface area (Å²) in [6.45, 7) is 1.74. The maximum Gasteiger partial charge on any atom is 0.190 e. The monoisotopic (exact) mass is 234 g/mol. The molecule has 0 spiro atoms. The number of rotatable bonds is 4. The molecule has 2 N–H and O–H groups in total. The average Bonchev–Trinajstić information content (AvgIpc) is 2.31. The van der Waals surface area contributed by atoms with E-state index < -0.39 is 0 Å². The molecule has 0 unspecified atom stereocenters. The number of aliphatic imine (C=N–C) groups is 1. The number of guanidine groups is 1. The Bertz CT molecular complexity index is 371. The van der Waals surface area contributed by atoms with Crippen molar-refractivity contribution in [2.45, 2.75) is 13.1 Å². The Morgan fingerprint density at radius 3 is 2.41 bits per heavy atom. The first-order valence-electron chi connectivity index (χ1n) is 5.77. The number of nitrogens with zero attached hydrogens (tertiary/aromatic N) is 2. The van der Waals surface area contributed by atoms with E-state index in [4.69, 9.17) is 0 Å². The van der Waals surface area contributed by atoms with E-state index in [9.17, 15) is 0 Å². The van der Waals surface area contributed by atoms with Crippen LogP contribution in [0.5, 0.6) is 0 Å². The van der Waals surface area contributed by atoms with E-state index in [0.29, 0.717) is 0 Å². The third kappa shape index (κ3) is 4.44. The van der Waals surface area contributed by atoms with Crippen LogP contribution in [0.1, 0.15) is 11.1 Å². The lowest BCUT2D eigenvalue weighted by molar-refractivity contribution is 0.400. The molecular formula is C13H22N4. The molecule has 0 bridgehead atoms. The summed E-state index contributed by atoms with van der Waals surface area (Å²) < 4.78 is 0. The summed E-state index contributed by atoms with van der Waals surface area (Å²) >= 11 is 0. The Labute approximate surface area is 104 Å². The summed E-state index contributed by atoms with van der Waals surface area (Å²) in [5, 5.41) is 6.28. The predicted molar refractivity (Wildman–Crippen MR) is 73.1 cm³/mol. The summed E-state index contributed by atoms with van der Waals surface area (Å²) in [5.41, 5.74) is 2.65. The van der Waals surface area contributed by atoms with Crippen molar-refractivity contribution in [2.24, 2.45) is 4.99 Å². The summed E-state index contributed by atoms with van der Waals surface area (Å²) in [6.07, 6.45) is 0. The van der Waals surface area contributed by atoms with Crippen molar-refractivity contribution in [1.82, 2.24) is 15.5 Å². The fourth-order valence-corrected chi connectivity index (χ4v) is 1.68. The topological polar surface area (TPSA) is 39.7 Å². The number of hydrogen-bond donors (Lipinski definition) is 2. The minimum absolute atomic E-state index is 0.789. The van der Waals surface area contributed by atoms with Gasteiger partial charge in [-0.15, -0.1) is 0 Å². The van der Waals surface area contributed by atoms with Crippen LogP contribution in [0, 0.1) is 0 Å². The second kappa shape index (κ2) is 6.91. The molecule has 0 heterocycles. The highest BCUT2D eigenvalue weighted by Crippen LogP contribution is 2.10. The van der Waals surface area contributed by atoms with Crippen molar-refractivity contribution in [3.63, 3.8) is 0 Å². The van der Waals surface area contributed by atoms with Crippen molar-refractivity contribution >= 4 is 5.96 Å². The van der Waals surface area contributed by atoms with Gasteiger partial charge in [-0.1, -0.05) is 24.3 Å². The van der Waals surface area contributed by atoms with Gasteiger partial charge in [0.15, 0.2) is 5.96 Å². The number of nitrogens with one attached hydrogen (secondary N) is 2. The van der Waals surface area contributed by atoms with Crippen molar-refractivity contribution in [1.29, 1.82) is 0 Å². The minimum Gasteiger partial charge on any atom is -0.359 e. The molecule has 0 aliphatic heterocycles. The minimum atomic E-state index is 0.789. The molecule has 4 heteroatoms. The first kappa shape index (κ1) is 13.5. The summed E-state index contributed by atoms with van der Waals surface area (Å²) in [6, 6.07) is 8.46. The molecule has 0 aliphatic rings. The van der Waals surface area contributed by atoms with Crippen molar-refractivity contribution in [3.05, 3.63) is 35.4 Å². The molecule has 0 aliphatic carbocycles. The smallest absolute Gasteiger partial charge is 0.190 e. The molecule has 94 valence electrons. The quantitative estimate of drug-likeness (QED) is 0.604. The van der Waals surface area contributed by atoms with Gasteiger partial charge in [0.2, 0.25) is 0 Å². The molecule has 0 atom stereocenters. The maximum absolute atomic E-state index is 4.10. The van der Waals surface area contributed by atoms with E-state index in [1.54, 1.807) is 7.05 Å². The van der Waals surface area contributed by atoms with Crippen LogP contribution in [-0.4, -0.2) is 39.1 Å². The summed E-state index contributed by atoms with van der Waals surface area (Å²) in [5.74, 6) is 0.810. The van der Waals surface area contributed by atoms with Gasteiger partial charge in [-0.2, -0.15) is 0 Å². The van der Waals surface area contributed by atoms with Crippen LogP contribution in [0.25, 0.3) is 0 Å². The van der Waals surface area contributed by atoms with Crippen LogP contribution < -0.4 is 10.6 Å². The Balaban J connectivity index is 2.70. The van der Waals surface area contributed by atoms with E-state index in [1.807, 2.05) is 7.05 Å². The third-order valence-corrected chi connectivity index (χ3v) is 2.51. The Kier molecular flexibility index (Phi) is 5.49. The molecule has 0 fully saturated rings. The highest BCUT2D eigenvalue weighted by atomic mass is 15.1. The molecule has 0 radical (unpaired) electrons. The molecule has 1 aromatic carbocycles. The van der Waals surface area contributed by atoms with E-state index in [1.165, 1.54) is 11.1 Å². The van der Waals surface area contributed by atoms with Crippen LogP contribution in [0.4, 0.5) is 0 Å². The molecule has 0 aromatic heterocycles. The fourth-order valence-electron chi connectivity index (χ4n) is 1.68. The zero-order valence-electron chi connectivity index (χ0n) is 11.1. The zero-order valence-corrected chi connectivity index (χ0v) is 11.1. The van der Waals surface area contributed by atoms with Gasteiger partial charge in [-0.25, -0.2) is 0 Å². The van der Waals surface area contributed by atoms with Gasteiger partial charge in [-0.05, 0) is 25.2 Å². The molecule has 4 nitrogen and oxygen atoms in total. The standard InChI is InChI=1S/C13H22N4/c1-14-13(15-2)16-9-11-7-5-6-8-12(11)10-17(3)4/h5-8H,9-10H2,1-4H3,(H2,14,15,16). The Hall–Kier alpha value is -1.55. The van der Waals surface area contributed by atoms with Crippen LogP contribution in [0.15, 0.2) is 29.3 Å². The molecule has 0 amide bonds. The molecule has 0 saturated carbocycles.